The molecule has 0 fully saturated rings. The van der Waals surface area contributed by atoms with Gasteiger partial charge in [-0.05, 0) is 67.2 Å². The Morgan fingerprint density at radius 3 is 2.59 bits per heavy atom. The summed E-state index contributed by atoms with van der Waals surface area (Å²) in [4.78, 5) is 0. The molecule has 1 N–H and O–H groups in total. The average molecular weight is 302 g/mol. The van der Waals surface area contributed by atoms with E-state index in [-0.39, 0.29) is 17.3 Å². The molecule has 1 nitrogen and oxygen atoms in total. The number of benzene rings is 1. The highest BCUT2D eigenvalue weighted by Crippen LogP contribution is 2.26. The van der Waals surface area contributed by atoms with Gasteiger partial charge in [0.2, 0.25) is 0 Å². The molecule has 96 valence electrons. The third-order valence-electron chi connectivity index (χ3n) is 2.75. The van der Waals surface area contributed by atoms with Gasteiger partial charge in [-0.15, -0.1) is 0 Å². The van der Waals surface area contributed by atoms with E-state index in [0.29, 0.717) is 4.47 Å². The molecule has 0 bridgehead atoms. The smallest absolute Gasteiger partial charge is 0.140 e. The third kappa shape index (κ3) is 4.76. The molecule has 1 atom stereocenters. The standard InChI is InChI=1S/C14H21BrFN/c1-10(8-9-17-14(2,3)4)11-6-5-7-12(15)13(11)16/h5-7,10,17H,8-9H2,1-4H3. The Kier molecular flexibility index (Phi) is 5.14. The fraction of sp³-hybridized carbons (Fsp3) is 0.571. The van der Waals surface area contributed by atoms with Gasteiger partial charge in [-0.3, -0.25) is 0 Å². The van der Waals surface area contributed by atoms with Gasteiger partial charge < -0.3 is 5.32 Å². The van der Waals surface area contributed by atoms with E-state index in [1.807, 2.05) is 12.1 Å². The molecule has 0 amide bonds. The van der Waals surface area contributed by atoms with Crippen molar-refractivity contribution in [3.05, 3.63) is 34.1 Å². The maximum Gasteiger partial charge on any atom is 0.140 e. The quantitative estimate of drug-likeness (QED) is 0.865. The van der Waals surface area contributed by atoms with Crippen LogP contribution in [0.4, 0.5) is 4.39 Å². The molecule has 1 aromatic carbocycles. The molecule has 0 aliphatic rings. The van der Waals surface area contributed by atoms with Gasteiger partial charge >= 0.3 is 0 Å². The van der Waals surface area contributed by atoms with Crippen molar-refractivity contribution in [2.75, 3.05) is 6.54 Å². The lowest BCUT2D eigenvalue weighted by Gasteiger charge is -2.22. The summed E-state index contributed by atoms with van der Waals surface area (Å²) >= 11 is 3.22. The Bertz CT molecular complexity index is 371. The van der Waals surface area contributed by atoms with E-state index in [0.717, 1.165) is 18.5 Å². The Labute approximate surface area is 112 Å². The first-order valence-corrected chi connectivity index (χ1v) is 6.79. The molecule has 17 heavy (non-hydrogen) atoms. The summed E-state index contributed by atoms with van der Waals surface area (Å²) in [5.74, 6) is 0.0955. The summed E-state index contributed by atoms with van der Waals surface area (Å²) in [6, 6.07) is 5.48. The van der Waals surface area contributed by atoms with E-state index in [1.54, 1.807) is 6.07 Å². The minimum atomic E-state index is -0.129. The van der Waals surface area contributed by atoms with Crippen molar-refractivity contribution in [2.45, 2.75) is 45.6 Å². The highest BCUT2D eigenvalue weighted by Gasteiger charge is 2.14. The molecule has 1 unspecified atom stereocenters. The zero-order chi connectivity index (χ0) is 13.1. The number of nitrogens with one attached hydrogen (secondary N) is 1. The Balaban J connectivity index is 2.58. The van der Waals surface area contributed by atoms with Crippen LogP contribution in [0.3, 0.4) is 0 Å². The fourth-order valence-electron chi connectivity index (χ4n) is 1.72. The lowest BCUT2D eigenvalue weighted by atomic mass is 9.96. The fourth-order valence-corrected chi connectivity index (χ4v) is 2.10. The van der Waals surface area contributed by atoms with E-state index in [4.69, 9.17) is 0 Å². The van der Waals surface area contributed by atoms with Crippen LogP contribution in [-0.4, -0.2) is 12.1 Å². The topological polar surface area (TPSA) is 12.0 Å². The highest BCUT2D eigenvalue weighted by atomic mass is 79.9. The first kappa shape index (κ1) is 14.7. The first-order valence-electron chi connectivity index (χ1n) is 6.00. The minimum Gasteiger partial charge on any atom is -0.312 e. The molecule has 0 aliphatic carbocycles. The van der Waals surface area contributed by atoms with E-state index in [1.165, 1.54) is 0 Å². The lowest BCUT2D eigenvalue weighted by Crippen LogP contribution is -2.36. The van der Waals surface area contributed by atoms with Crippen LogP contribution in [0.15, 0.2) is 22.7 Å². The number of halogens is 2. The molecular weight excluding hydrogens is 281 g/mol. The van der Waals surface area contributed by atoms with Gasteiger partial charge in [0.1, 0.15) is 5.82 Å². The van der Waals surface area contributed by atoms with Gasteiger partial charge in [0.15, 0.2) is 0 Å². The summed E-state index contributed by atoms with van der Waals surface area (Å²) in [7, 11) is 0. The van der Waals surface area contributed by atoms with Crippen molar-refractivity contribution >= 4 is 15.9 Å². The average Bonchev–Trinajstić information content (AvgIpc) is 2.20. The largest absolute Gasteiger partial charge is 0.312 e. The molecule has 0 aliphatic heterocycles. The maximum absolute atomic E-state index is 13.8. The normalized spacial score (nSPS) is 13.8. The van der Waals surface area contributed by atoms with Gasteiger partial charge in [0, 0.05) is 5.54 Å². The van der Waals surface area contributed by atoms with E-state index < -0.39 is 0 Å². The highest BCUT2D eigenvalue weighted by molar-refractivity contribution is 9.10. The monoisotopic (exact) mass is 301 g/mol. The molecule has 0 saturated heterocycles. The molecular formula is C14H21BrFN. The zero-order valence-corrected chi connectivity index (χ0v) is 12.6. The second-order valence-electron chi connectivity index (χ2n) is 5.51. The summed E-state index contributed by atoms with van der Waals surface area (Å²) < 4.78 is 14.4. The van der Waals surface area contributed by atoms with Crippen molar-refractivity contribution in [2.24, 2.45) is 0 Å². The second-order valence-corrected chi connectivity index (χ2v) is 6.36. The number of hydrogen-bond acceptors (Lipinski definition) is 1. The summed E-state index contributed by atoms with van der Waals surface area (Å²) in [6.07, 6.45) is 0.935. The van der Waals surface area contributed by atoms with Gasteiger partial charge in [-0.1, -0.05) is 19.1 Å². The molecule has 0 aromatic heterocycles. The van der Waals surface area contributed by atoms with Crippen LogP contribution in [0.1, 0.15) is 45.6 Å². The molecule has 0 spiro atoms. The predicted molar refractivity (Wildman–Crippen MR) is 74.9 cm³/mol. The second kappa shape index (κ2) is 5.96. The van der Waals surface area contributed by atoms with Crippen LogP contribution < -0.4 is 5.32 Å². The van der Waals surface area contributed by atoms with Crippen LogP contribution >= 0.6 is 15.9 Å². The van der Waals surface area contributed by atoms with Crippen molar-refractivity contribution in [3.8, 4) is 0 Å². The van der Waals surface area contributed by atoms with Gasteiger partial charge in [0.05, 0.1) is 4.47 Å². The first-order chi connectivity index (χ1) is 7.81. The lowest BCUT2D eigenvalue weighted by molar-refractivity contribution is 0.411. The third-order valence-corrected chi connectivity index (χ3v) is 3.36. The van der Waals surface area contributed by atoms with Crippen LogP contribution in [0, 0.1) is 5.82 Å². The van der Waals surface area contributed by atoms with Crippen LogP contribution in [0.2, 0.25) is 0 Å². The van der Waals surface area contributed by atoms with Crippen molar-refractivity contribution in [3.63, 3.8) is 0 Å². The molecule has 0 radical (unpaired) electrons. The Morgan fingerprint density at radius 2 is 2.00 bits per heavy atom. The van der Waals surface area contributed by atoms with Crippen LogP contribution in [0.5, 0.6) is 0 Å². The van der Waals surface area contributed by atoms with Gasteiger partial charge in [-0.25, -0.2) is 4.39 Å². The Morgan fingerprint density at radius 1 is 1.35 bits per heavy atom. The summed E-state index contributed by atoms with van der Waals surface area (Å²) in [5.41, 5.74) is 0.908. The van der Waals surface area contributed by atoms with Crippen molar-refractivity contribution < 1.29 is 4.39 Å². The zero-order valence-electron chi connectivity index (χ0n) is 11.0. The Hall–Kier alpha value is -0.410. The minimum absolute atomic E-state index is 0.121. The summed E-state index contributed by atoms with van der Waals surface area (Å²) in [5, 5.41) is 3.42. The van der Waals surface area contributed by atoms with Gasteiger partial charge in [-0.2, -0.15) is 0 Å². The van der Waals surface area contributed by atoms with Crippen LogP contribution in [0.25, 0.3) is 0 Å². The van der Waals surface area contributed by atoms with Gasteiger partial charge in [0.25, 0.3) is 0 Å². The van der Waals surface area contributed by atoms with E-state index in [9.17, 15) is 4.39 Å². The maximum atomic E-state index is 13.8. The van der Waals surface area contributed by atoms with E-state index >= 15 is 0 Å². The number of hydrogen-bond donors (Lipinski definition) is 1. The molecule has 0 heterocycles. The molecule has 1 aromatic rings. The molecule has 0 saturated carbocycles. The van der Waals surface area contributed by atoms with E-state index in [2.05, 4.69) is 48.9 Å². The van der Waals surface area contributed by atoms with Crippen molar-refractivity contribution in [1.82, 2.24) is 5.32 Å². The SMILES string of the molecule is CC(CCNC(C)(C)C)c1cccc(Br)c1F. The summed E-state index contributed by atoms with van der Waals surface area (Å²) in [6.45, 7) is 9.37. The van der Waals surface area contributed by atoms with Crippen LogP contribution in [-0.2, 0) is 0 Å². The number of rotatable bonds is 4. The molecule has 1 rings (SSSR count). The molecule has 3 heteroatoms. The predicted octanol–water partition coefficient (Wildman–Crippen LogP) is 4.47. The van der Waals surface area contributed by atoms with Crippen molar-refractivity contribution in [1.29, 1.82) is 0 Å².